The van der Waals surface area contributed by atoms with Crippen molar-refractivity contribution in [3.8, 4) is 0 Å². The summed E-state index contributed by atoms with van der Waals surface area (Å²) in [6.45, 7) is 2.24. The van der Waals surface area contributed by atoms with Crippen LogP contribution in [0.2, 0.25) is 0 Å². The molecule has 0 aromatic carbocycles. The summed E-state index contributed by atoms with van der Waals surface area (Å²) in [6.07, 6.45) is 7.06. The van der Waals surface area contributed by atoms with Crippen LogP contribution in [-0.4, -0.2) is 49.2 Å². The highest BCUT2D eigenvalue weighted by Crippen LogP contribution is 2.31. The topological polar surface area (TPSA) is 44.3 Å². The molecule has 0 amide bonds. The Bertz CT molecular complexity index is 424. The lowest BCUT2D eigenvalue weighted by Gasteiger charge is -2.27. The van der Waals surface area contributed by atoms with Crippen molar-refractivity contribution in [2.24, 2.45) is 0 Å². The maximum Gasteiger partial charge on any atom is 0.226 e. The average Bonchev–Trinajstić information content (AvgIpc) is 3.13. The Hall–Kier alpha value is -1.36. The van der Waals surface area contributed by atoms with Crippen molar-refractivity contribution in [3.05, 3.63) is 12.3 Å². The van der Waals surface area contributed by atoms with Crippen molar-refractivity contribution in [3.63, 3.8) is 0 Å². The maximum absolute atomic E-state index is 4.69. The number of anilines is 2. The second-order valence-corrected chi connectivity index (χ2v) is 5.79. The lowest BCUT2D eigenvalue weighted by atomic mass is 10.2. The van der Waals surface area contributed by atoms with Crippen LogP contribution in [0.3, 0.4) is 0 Å². The Morgan fingerprint density at radius 2 is 2.16 bits per heavy atom. The normalized spacial score (nSPS) is 22.5. The van der Waals surface area contributed by atoms with Gasteiger partial charge in [-0.05, 0) is 38.3 Å². The van der Waals surface area contributed by atoms with E-state index in [2.05, 4.69) is 20.2 Å². The minimum Gasteiger partial charge on any atom is -0.352 e. The van der Waals surface area contributed by atoms with E-state index in [1.54, 1.807) is 0 Å². The molecule has 1 aliphatic carbocycles. The highest BCUT2D eigenvalue weighted by atomic mass is 15.3. The lowest BCUT2D eigenvalue weighted by molar-refractivity contribution is 0.575. The maximum atomic E-state index is 4.69. The van der Waals surface area contributed by atoms with Gasteiger partial charge in [-0.1, -0.05) is 0 Å². The molecule has 0 radical (unpaired) electrons. The van der Waals surface area contributed by atoms with Crippen molar-refractivity contribution in [2.45, 2.75) is 37.8 Å². The molecule has 1 N–H and O–H groups in total. The van der Waals surface area contributed by atoms with E-state index in [-0.39, 0.29) is 0 Å². The fraction of sp³-hybridized carbons (Fsp3) is 0.714. The summed E-state index contributed by atoms with van der Waals surface area (Å²) in [4.78, 5) is 13.4. The zero-order valence-electron chi connectivity index (χ0n) is 11.8. The number of aromatic nitrogens is 2. The third-order valence-electron chi connectivity index (χ3n) is 3.89. The van der Waals surface area contributed by atoms with E-state index in [1.807, 2.05) is 31.3 Å². The molecule has 104 valence electrons. The second-order valence-electron chi connectivity index (χ2n) is 5.79. The zero-order valence-corrected chi connectivity index (χ0v) is 11.8. The molecule has 1 unspecified atom stereocenters. The summed E-state index contributed by atoms with van der Waals surface area (Å²) in [5.41, 5.74) is 0. The van der Waals surface area contributed by atoms with Crippen LogP contribution >= 0.6 is 0 Å². The van der Waals surface area contributed by atoms with Crippen molar-refractivity contribution in [1.29, 1.82) is 0 Å². The van der Waals surface area contributed by atoms with Crippen LogP contribution in [0.5, 0.6) is 0 Å². The van der Waals surface area contributed by atoms with Gasteiger partial charge in [0.25, 0.3) is 0 Å². The monoisotopic (exact) mass is 261 g/mol. The van der Waals surface area contributed by atoms with Gasteiger partial charge in [-0.15, -0.1) is 0 Å². The largest absolute Gasteiger partial charge is 0.352 e. The van der Waals surface area contributed by atoms with Crippen LogP contribution in [0.1, 0.15) is 25.7 Å². The number of rotatable bonds is 5. The summed E-state index contributed by atoms with van der Waals surface area (Å²) in [5.74, 6) is 1.87. The minimum absolute atomic E-state index is 0.623. The molecular formula is C14H23N5. The summed E-state index contributed by atoms with van der Waals surface area (Å²) >= 11 is 0. The number of nitrogens with one attached hydrogen (secondary N) is 1. The van der Waals surface area contributed by atoms with Crippen molar-refractivity contribution >= 4 is 11.8 Å². The number of hydrogen-bond donors (Lipinski definition) is 1. The molecule has 1 saturated heterocycles. The van der Waals surface area contributed by atoms with Gasteiger partial charge >= 0.3 is 0 Å². The summed E-state index contributed by atoms with van der Waals surface area (Å²) < 4.78 is 0. The molecule has 1 aromatic rings. The van der Waals surface area contributed by atoms with Crippen molar-refractivity contribution < 1.29 is 0 Å². The van der Waals surface area contributed by atoms with E-state index >= 15 is 0 Å². The van der Waals surface area contributed by atoms with E-state index in [1.165, 1.54) is 25.7 Å². The van der Waals surface area contributed by atoms with E-state index in [0.29, 0.717) is 12.1 Å². The van der Waals surface area contributed by atoms with Crippen molar-refractivity contribution in [2.75, 3.05) is 37.0 Å². The van der Waals surface area contributed by atoms with Gasteiger partial charge in [0.05, 0.1) is 0 Å². The number of hydrogen-bond acceptors (Lipinski definition) is 5. The summed E-state index contributed by atoms with van der Waals surface area (Å²) in [5, 5.41) is 3.58. The Morgan fingerprint density at radius 1 is 1.32 bits per heavy atom. The van der Waals surface area contributed by atoms with Crippen LogP contribution in [0, 0.1) is 0 Å². The van der Waals surface area contributed by atoms with E-state index in [4.69, 9.17) is 0 Å². The first-order chi connectivity index (χ1) is 9.24. The Kier molecular flexibility index (Phi) is 3.55. The minimum atomic E-state index is 0.623. The molecule has 3 rings (SSSR count). The Balaban J connectivity index is 1.77. The van der Waals surface area contributed by atoms with E-state index in [9.17, 15) is 0 Å². The summed E-state index contributed by atoms with van der Waals surface area (Å²) in [7, 11) is 3.97. The second kappa shape index (κ2) is 5.33. The first kappa shape index (κ1) is 12.7. The molecule has 1 saturated carbocycles. The molecule has 2 aliphatic rings. The molecule has 5 nitrogen and oxygen atoms in total. The summed E-state index contributed by atoms with van der Waals surface area (Å²) in [6, 6.07) is 3.35. The molecule has 5 heteroatoms. The van der Waals surface area contributed by atoms with Gasteiger partial charge in [0.15, 0.2) is 0 Å². The predicted molar refractivity (Wildman–Crippen MR) is 77.8 cm³/mol. The third-order valence-corrected chi connectivity index (χ3v) is 3.89. The van der Waals surface area contributed by atoms with Gasteiger partial charge < -0.3 is 15.1 Å². The quantitative estimate of drug-likeness (QED) is 0.864. The smallest absolute Gasteiger partial charge is 0.226 e. The van der Waals surface area contributed by atoms with Gasteiger partial charge in [0, 0.05) is 38.9 Å². The lowest BCUT2D eigenvalue weighted by Crippen LogP contribution is -2.39. The number of nitrogens with zero attached hydrogens (tertiary/aromatic N) is 4. The molecule has 2 heterocycles. The molecule has 19 heavy (non-hydrogen) atoms. The van der Waals surface area contributed by atoms with Crippen LogP contribution in [0.25, 0.3) is 0 Å². The molecule has 0 bridgehead atoms. The average molecular weight is 261 g/mol. The molecule has 2 fully saturated rings. The van der Waals surface area contributed by atoms with Gasteiger partial charge in [-0.3, -0.25) is 0 Å². The zero-order chi connectivity index (χ0) is 13.2. The third kappa shape index (κ3) is 2.97. The highest BCUT2D eigenvalue weighted by Gasteiger charge is 2.32. The highest BCUT2D eigenvalue weighted by molar-refractivity contribution is 5.45. The first-order valence-electron chi connectivity index (χ1n) is 7.24. The Morgan fingerprint density at radius 3 is 2.79 bits per heavy atom. The first-order valence-corrected chi connectivity index (χ1v) is 7.24. The van der Waals surface area contributed by atoms with Gasteiger partial charge in [0.2, 0.25) is 5.95 Å². The van der Waals surface area contributed by atoms with Crippen LogP contribution in [-0.2, 0) is 0 Å². The fourth-order valence-electron chi connectivity index (χ4n) is 2.68. The molecule has 1 atom stereocenters. The standard InChI is InChI=1S/C14H23N5/c1-18(2)14-16-9-7-13(17-14)19(12-5-6-12)10-11-4-3-8-15-11/h7,9,11-12,15H,3-6,8,10H2,1-2H3. The molecule has 1 aromatic heterocycles. The molecular weight excluding hydrogens is 238 g/mol. The van der Waals surface area contributed by atoms with Gasteiger partial charge in [0.1, 0.15) is 5.82 Å². The molecule has 0 spiro atoms. The SMILES string of the molecule is CN(C)c1nccc(N(CC2CCCN2)C2CC2)n1. The fourth-order valence-corrected chi connectivity index (χ4v) is 2.68. The van der Waals surface area contributed by atoms with Gasteiger partial charge in [-0.2, -0.15) is 4.98 Å². The van der Waals surface area contributed by atoms with Crippen LogP contribution in [0.4, 0.5) is 11.8 Å². The van der Waals surface area contributed by atoms with Gasteiger partial charge in [-0.25, -0.2) is 4.98 Å². The van der Waals surface area contributed by atoms with Crippen LogP contribution in [0.15, 0.2) is 12.3 Å². The molecule has 1 aliphatic heterocycles. The predicted octanol–water partition coefficient (Wildman–Crippen LogP) is 1.26. The Labute approximate surface area is 115 Å². The van der Waals surface area contributed by atoms with E-state index in [0.717, 1.165) is 24.9 Å². The van der Waals surface area contributed by atoms with Crippen molar-refractivity contribution in [1.82, 2.24) is 15.3 Å². The van der Waals surface area contributed by atoms with Crippen LogP contribution < -0.4 is 15.1 Å². The van der Waals surface area contributed by atoms with E-state index < -0.39 is 0 Å².